The Labute approximate surface area is 147 Å². The summed E-state index contributed by atoms with van der Waals surface area (Å²) in [7, 11) is -0.808. The molecule has 1 unspecified atom stereocenters. The van der Waals surface area contributed by atoms with E-state index in [1.807, 2.05) is 32.9 Å². The highest BCUT2D eigenvalue weighted by Crippen LogP contribution is 2.21. The van der Waals surface area contributed by atoms with Crippen molar-refractivity contribution in [3.63, 3.8) is 0 Å². The molecule has 1 aliphatic rings. The van der Waals surface area contributed by atoms with Crippen molar-refractivity contribution in [3.8, 4) is 0 Å². The fourth-order valence-electron chi connectivity index (χ4n) is 2.58. The number of carbonyl (C=O) groups excluding carboxylic acids is 1. The Morgan fingerprint density at radius 3 is 2.50 bits per heavy atom. The van der Waals surface area contributed by atoms with Crippen LogP contribution in [0.2, 0.25) is 0 Å². The maximum atomic E-state index is 12.4. The van der Waals surface area contributed by atoms with Crippen LogP contribution in [0, 0.1) is 5.41 Å². The summed E-state index contributed by atoms with van der Waals surface area (Å²) in [5.41, 5.74) is 0.748. The summed E-state index contributed by atoms with van der Waals surface area (Å²) in [5.74, 6) is 0.522. The van der Waals surface area contributed by atoms with Gasteiger partial charge in [-0.15, -0.1) is 5.06 Å². The lowest BCUT2D eigenvalue weighted by Crippen LogP contribution is -2.41. The molecular formula is C18H28N2O3S. The highest BCUT2D eigenvalue weighted by atomic mass is 32.2. The van der Waals surface area contributed by atoms with Gasteiger partial charge in [0.25, 0.3) is 0 Å². The van der Waals surface area contributed by atoms with Crippen molar-refractivity contribution in [1.29, 1.82) is 0 Å². The van der Waals surface area contributed by atoms with Crippen LogP contribution in [0.4, 0.5) is 0 Å². The fourth-order valence-corrected chi connectivity index (χ4v) is 4.07. The van der Waals surface area contributed by atoms with E-state index in [9.17, 15) is 9.00 Å². The van der Waals surface area contributed by atoms with E-state index >= 15 is 0 Å². The molecule has 24 heavy (non-hydrogen) atoms. The third-order valence-electron chi connectivity index (χ3n) is 4.16. The van der Waals surface area contributed by atoms with Gasteiger partial charge in [-0.2, -0.15) is 0 Å². The van der Waals surface area contributed by atoms with Gasteiger partial charge < -0.3 is 4.84 Å². The van der Waals surface area contributed by atoms with Gasteiger partial charge in [-0.05, 0) is 64.2 Å². The summed E-state index contributed by atoms with van der Waals surface area (Å²) in [6.45, 7) is 6.88. The molecule has 0 spiro atoms. The molecule has 0 aliphatic carbocycles. The van der Waals surface area contributed by atoms with Crippen LogP contribution >= 0.6 is 0 Å². The number of aryl methyl sites for hydroxylation is 1. The predicted octanol–water partition coefficient (Wildman–Crippen LogP) is 2.73. The van der Waals surface area contributed by atoms with E-state index in [4.69, 9.17) is 4.84 Å². The zero-order valence-electron chi connectivity index (χ0n) is 14.9. The van der Waals surface area contributed by atoms with Crippen molar-refractivity contribution in [2.24, 2.45) is 5.41 Å². The summed E-state index contributed by atoms with van der Waals surface area (Å²) in [5, 5.41) is 1.94. The molecule has 0 radical (unpaired) electrons. The number of nitrogens with zero attached hydrogens (tertiary/aromatic N) is 2. The molecule has 0 bridgehead atoms. The highest BCUT2D eigenvalue weighted by Gasteiger charge is 2.29. The Morgan fingerprint density at radius 2 is 1.92 bits per heavy atom. The van der Waals surface area contributed by atoms with Crippen molar-refractivity contribution < 1.29 is 13.8 Å². The van der Waals surface area contributed by atoms with E-state index in [0.717, 1.165) is 31.4 Å². The van der Waals surface area contributed by atoms with Crippen LogP contribution < -0.4 is 0 Å². The van der Waals surface area contributed by atoms with E-state index < -0.39 is 16.2 Å². The molecule has 1 aliphatic heterocycles. The molecule has 1 aromatic rings. The van der Waals surface area contributed by atoms with Crippen LogP contribution in [0.5, 0.6) is 0 Å². The maximum absolute atomic E-state index is 12.4. The first kappa shape index (κ1) is 19.1. The number of carbonyl (C=O) groups is 1. The molecular weight excluding hydrogens is 324 g/mol. The third-order valence-corrected chi connectivity index (χ3v) is 6.06. The fraction of sp³-hybridized carbons (Fsp3) is 0.667. The van der Waals surface area contributed by atoms with Crippen LogP contribution in [-0.2, 0) is 26.9 Å². The Kier molecular flexibility index (Phi) is 6.92. The number of pyridine rings is 1. The largest absolute Gasteiger partial charge is 0.367 e. The summed E-state index contributed by atoms with van der Waals surface area (Å²) in [4.78, 5) is 21.3. The molecule has 1 aromatic heterocycles. The second-order valence-electron chi connectivity index (χ2n) is 7.30. The topological polar surface area (TPSA) is 59.5 Å². The summed E-state index contributed by atoms with van der Waals surface area (Å²) >= 11 is 0. The first-order chi connectivity index (χ1) is 11.4. The average Bonchev–Trinajstić information content (AvgIpc) is 2.55. The number of aromatic nitrogens is 1. The van der Waals surface area contributed by atoms with Crippen molar-refractivity contribution in [2.75, 3.05) is 18.8 Å². The smallest absolute Gasteiger partial charge is 0.330 e. The molecule has 1 atom stereocenters. The number of hydrogen-bond donors (Lipinski definition) is 0. The molecule has 0 amide bonds. The minimum atomic E-state index is -0.808. The highest BCUT2D eigenvalue weighted by molar-refractivity contribution is 7.85. The normalized spacial score (nSPS) is 18.3. The van der Waals surface area contributed by atoms with E-state index in [1.165, 1.54) is 5.56 Å². The van der Waals surface area contributed by atoms with Crippen molar-refractivity contribution in [1.82, 2.24) is 10.0 Å². The number of piperidine rings is 1. The Balaban J connectivity index is 1.68. The minimum absolute atomic E-state index is 0.209. The molecule has 1 saturated heterocycles. The van der Waals surface area contributed by atoms with Crippen LogP contribution in [0.25, 0.3) is 0 Å². The Bertz CT molecular complexity index is 549. The first-order valence-corrected chi connectivity index (χ1v) is 9.98. The van der Waals surface area contributed by atoms with Crippen molar-refractivity contribution in [2.45, 2.75) is 51.7 Å². The number of rotatable bonds is 6. The molecule has 1 fully saturated rings. The van der Waals surface area contributed by atoms with Crippen LogP contribution in [0.15, 0.2) is 24.5 Å². The second kappa shape index (κ2) is 8.72. The lowest BCUT2D eigenvalue weighted by Gasteiger charge is -2.31. The van der Waals surface area contributed by atoms with Gasteiger partial charge in [-0.3, -0.25) is 9.19 Å². The van der Waals surface area contributed by atoms with E-state index in [-0.39, 0.29) is 11.2 Å². The number of hydrogen-bond acceptors (Lipinski definition) is 5. The molecule has 6 heteroatoms. The monoisotopic (exact) mass is 352 g/mol. The lowest BCUT2D eigenvalue weighted by molar-refractivity contribution is -0.203. The number of hydroxylamine groups is 2. The van der Waals surface area contributed by atoms with Crippen LogP contribution in [0.3, 0.4) is 0 Å². The molecule has 0 saturated carbocycles. The van der Waals surface area contributed by atoms with E-state index in [0.29, 0.717) is 13.1 Å². The molecule has 0 N–H and O–H groups in total. The maximum Gasteiger partial charge on any atom is 0.330 e. The van der Waals surface area contributed by atoms with Crippen LogP contribution in [0.1, 0.15) is 45.6 Å². The summed E-state index contributed by atoms with van der Waals surface area (Å²) < 4.78 is 12.4. The SMILES string of the molecule is CC(C)(C)C(=O)ON1CCC(S(=O)CCCc2ccncc2)CC1. The van der Waals surface area contributed by atoms with E-state index in [2.05, 4.69) is 4.98 Å². The Morgan fingerprint density at radius 1 is 1.29 bits per heavy atom. The van der Waals surface area contributed by atoms with Gasteiger partial charge in [-0.25, -0.2) is 4.79 Å². The molecule has 5 nitrogen and oxygen atoms in total. The molecule has 2 heterocycles. The first-order valence-electron chi connectivity index (χ1n) is 8.59. The van der Waals surface area contributed by atoms with Gasteiger partial charge >= 0.3 is 5.97 Å². The van der Waals surface area contributed by atoms with Gasteiger partial charge in [-0.1, -0.05) is 0 Å². The summed E-state index contributed by atoms with van der Waals surface area (Å²) in [6, 6.07) is 4.01. The molecule has 2 rings (SSSR count). The Hall–Kier alpha value is -1.27. The standard InChI is InChI=1S/C18H28N2O3S/c1-18(2,3)17(21)23-20-12-8-16(9-13-20)24(22)14-4-5-15-6-10-19-11-7-15/h6-7,10-11,16H,4-5,8-9,12-14H2,1-3H3. The van der Waals surface area contributed by atoms with Gasteiger partial charge in [0.1, 0.15) is 0 Å². The van der Waals surface area contributed by atoms with Gasteiger partial charge in [0.15, 0.2) is 0 Å². The van der Waals surface area contributed by atoms with Gasteiger partial charge in [0.05, 0.1) is 5.41 Å². The zero-order chi connectivity index (χ0) is 17.6. The molecule has 0 aromatic carbocycles. The van der Waals surface area contributed by atoms with Gasteiger partial charge in [0.2, 0.25) is 0 Å². The average molecular weight is 353 g/mol. The zero-order valence-corrected chi connectivity index (χ0v) is 15.7. The quantitative estimate of drug-likeness (QED) is 0.788. The van der Waals surface area contributed by atoms with Crippen LogP contribution in [-0.4, -0.2) is 44.3 Å². The predicted molar refractivity (Wildman–Crippen MR) is 95.7 cm³/mol. The second-order valence-corrected chi connectivity index (χ2v) is 9.14. The minimum Gasteiger partial charge on any atom is -0.367 e. The summed E-state index contributed by atoms with van der Waals surface area (Å²) in [6.07, 6.45) is 7.09. The van der Waals surface area contributed by atoms with E-state index in [1.54, 1.807) is 17.5 Å². The van der Waals surface area contributed by atoms with Crippen molar-refractivity contribution >= 4 is 16.8 Å². The molecule has 134 valence electrons. The lowest BCUT2D eigenvalue weighted by atomic mass is 9.98. The van der Waals surface area contributed by atoms with Gasteiger partial charge in [0, 0.05) is 47.3 Å². The van der Waals surface area contributed by atoms with Crippen molar-refractivity contribution in [3.05, 3.63) is 30.1 Å². The third kappa shape index (κ3) is 5.98.